The van der Waals surface area contributed by atoms with Gasteiger partial charge in [0.25, 0.3) is 11.5 Å². The van der Waals surface area contributed by atoms with Crippen molar-refractivity contribution < 1.29 is 9.59 Å². The smallest absolute Gasteiger partial charge is 0.271 e. The van der Waals surface area contributed by atoms with E-state index in [2.05, 4.69) is 4.98 Å². The Balaban J connectivity index is 1.63. The third-order valence-electron chi connectivity index (χ3n) is 5.21. The van der Waals surface area contributed by atoms with Crippen LogP contribution in [0.25, 0.3) is 10.8 Å². The molecule has 1 fully saturated rings. The quantitative estimate of drug-likeness (QED) is 0.762. The summed E-state index contributed by atoms with van der Waals surface area (Å²) < 4.78 is 0. The minimum Gasteiger partial charge on any atom is -0.326 e. The van der Waals surface area contributed by atoms with Crippen molar-refractivity contribution in [1.82, 2.24) is 9.88 Å². The van der Waals surface area contributed by atoms with Crippen molar-refractivity contribution in [2.75, 3.05) is 18.0 Å². The van der Waals surface area contributed by atoms with Gasteiger partial charge in [-0.25, -0.2) is 0 Å². The predicted molar refractivity (Wildman–Crippen MR) is 108 cm³/mol. The Morgan fingerprint density at radius 3 is 2.57 bits per heavy atom. The molecule has 3 aromatic rings. The van der Waals surface area contributed by atoms with E-state index < -0.39 is 6.04 Å². The molecule has 0 saturated carbocycles. The maximum atomic E-state index is 13.1. The van der Waals surface area contributed by atoms with Gasteiger partial charge in [-0.05, 0) is 43.0 Å². The number of para-hydroxylation sites is 1. The first-order valence-corrected chi connectivity index (χ1v) is 9.39. The number of hydrogen-bond donors (Lipinski definition) is 1. The number of likely N-dealkylation sites (N-methyl/N-ethyl adjacent to an activating group) is 1. The zero-order chi connectivity index (χ0) is 19.7. The van der Waals surface area contributed by atoms with Crippen LogP contribution in [0.2, 0.25) is 0 Å². The fraction of sp³-hybridized carbons (Fsp3) is 0.227. The molecule has 0 radical (unpaired) electrons. The Kier molecular flexibility index (Phi) is 4.69. The summed E-state index contributed by atoms with van der Waals surface area (Å²) in [5.41, 5.74) is 0.732. The summed E-state index contributed by atoms with van der Waals surface area (Å²) in [5.74, 6) is -0.428. The fourth-order valence-electron chi connectivity index (χ4n) is 3.80. The van der Waals surface area contributed by atoms with Crippen LogP contribution in [0.1, 0.15) is 23.8 Å². The maximum Gasteiger partial charge on any atom is 0.271 e. The lowest BCUT2D eigenvalue weighted by atomic mass is 10.1. The van der Waals surface area contributed by atoms with Gasteiger partial charge in [0.2, 0.25) is 5.91 Å². The van der Waals surface area contributed by atoms with Crippen LogP contribution in [0, 0.1) is 0 Å². The van der Waals surface area contributed by atoms with Gasteiger partial charge in [0.1, 0.15) is 11.7 Å². The first-order valence-electron chi connectivity index (χ1n) is 9.39. The molecule has 1 aromatic heterocycles. The van der Waals surface area contributed by atoms with Crippen LogP contribution >= 0.6 is 0 Å². The number of anilines is 1. The second-order valence-corrected chi connectivity index (χ2v) is 6.82. The van der Waals surface area contributed by atoms with Gasteiger partial charge in [0, 0.05) is 24.2 Å². The van der Waals surface area contributed by atoms with Crippen LogP contribution in [-0.2, 0) is 4.79 Å². The molecule has 0 bridgehead atoms. The summed E-state index contributed by atoms with van der Waals surface area (Å²) in [4.78, 5) is 44.4. The van der Waals surface area contributed by atoms with Gasteiger partial charge in [0.05, 0.1) is 0 Å². The molecule has 2 heterocycles. The molecule has 1 atom stereocenters. The monoisotopic (exact) mass is 375 g/mol. The number of nitrogens with one attached hydrogen (secondary N) is 1. The summed E-state index contributed by atoms with van der Waals surface area (Å²) in [7, 11) is 0. The molecule has 142 valence electrons. The van der Waals surface area contributed by atoms with Crippen LogP contribution in [0.5, 0.6) is 0 Å². The number of aromatic nitrogens is 1. The molecule has 2 amide bonds. The second-order valence-electron chi connectivity index (χ2n) is 6.82. The Hall–Kier alpha value is -3.41. The number of fused-ring (bicyclic) bond motifs is 1. The zero-order valence-electron chi connectivity index (χ0n) is 15.6. The van der Waals surface area contributed by atoms with Crippen molar-refractivity contribution in [1.29, 1.82) is 0 Å². The highest BCUT2D eigenvalue weighted by Crippen LogP contribution is 2.25. The number of carbonyl (C=O) groups excluding carboxylic acids is 2. The lowest BCUT2D eigenvalue weighted by molar-refractivity contribution is -0.120. The van der Waals surface area contributed by atoms with Gasteiger partial charge in [0.15, 0.2) is 0 Å². The van der Waals surface area contributed by atoms with Gasteiger partial charge < -0.3 is 14.8 Å². The maximum absolute atomic E-state index is 13.1. The third kappa shape index (κ3) is 3.07. The third-order valence-corrected chi connectivity index (χ3v) is 5.21. The fourth-order valence-corrected chi connectivity index (χ4v) is 3.80. The number of pyridine rings is 1. The van der Waals surface area contributed by atoms with Gasteiger partial charge in [-0.15, -0.1) is 0 Å². The van der Waals surface area contributed by atoms with Crippen molar-refractivity contribution in [3.05, 3.63) is 76.7 Å². The van der Waals surface area contributed by atoms with Crippen LogP contribution in [0.3, 0.4) is 0 Å². The molecule has 4 rings (SSSR count). The summed E-state index contributed by atoms with van der Waals surface area (Å²) in [6, 6.07) is 17.7. The van der Waals surface area contributed by atoms with Crippen molar-refractivity contribution in [3.63, 3.8) is 0 Å². The molecular weight excluding hydrogens is 354 g/mol. The minimum atomic E-state index is -0.535. The average molecular weight is 375 g/mol. The van der Waals surface area contributed by atoms with Crippen LogP contribution in [0.4, 0.5) is 5.69 Å². The Morgan fingerprint density at radius 2 is 1.82 bits per heavy atom. The van der Waals surface area contributed by atoms with Gasteiger partial charge in [-0.3, -0.25) is 14.4 Å². The van der Waals surface area contributed by atoms with Crippen molar-refractivity contribution >= 4 is 28.3 Å². The number of nitrogens with zero attached hydrogens (tertiary/aromatic N) is 2. The molecule has 6 heteroatoms. The van der Waals surface area contributed by atoms with E-state index in [1.165, 1.54) is 0 Å². The Morgan fingerprint density at radius 1 is 1.11 bits per heavy atom. The summed E-state index contributed by atoms with van der Waals surface area (Å²) in [6.07, 6.45) is 0.561. The van der Waals surface area contributed by atoms with Gasteiger partial charge >= 0.3 is 0 Å². The first-order chi connectivity index (χ1) is 13.6. The van der Waals surface area contributed by atoms with E-state index in [4.69, 9.17) is 0 Å². The minimum absolute atomic E-state index is 0.0930. The first kappa shape index (κ1) is 18.0. The van der Waals surface area contributed by atoms with E-state index in [0.29, 0.717) is 30.3 Å². The molecule has 28 heavy (non-hydrogen) atoms. The standard InChI is InChI=1S/C22H21N3O3/c1-2-24(19-12-13-25(22(19)28)16-9-4-3-5-10-16)21(27)18-14-15-8-6-7-11-17(15)20(26)23-18/h3-11,14,19H,2,12-13H2,1H3,(H,23,26). The van der Waals surface area contributed by atoms with Crippen molar-refractivity contribution in [2.24, 2.45) is 0 Å². The van der Waals surface area contributed by atoms with Crippen molar-refractivity contribution in [3.8, 4) is 0 Å². The van der Waals surface area contributed by atoms with E-state index >= 15 is 0 Å². The number of H-pyrrole nitrogens is 1. The highest BCUT2D eigenvalue weighted by atomic mass is 16.2. The van der Waals surface area contributed by atoms with E-state index in [1.807, 2.05) is 43.3 Å². The molecular formula is C22H21N3O3. The number of aromatic amines is 1. The number of hydrogen-bond acceptors (Lipinski definition) is 3. The van der Waals surface area contributed by atoms with Gasteiger partial charge in [-0.2, -0.15) is 0 Å². The molecule has 0 aliphatic carbocycles. The topological polar surface area (TPSA) is 73.5 Å². The SMILES string of the molecule is CCN(C(=O)c1cc2ccccc2c(=O)[nH]1)C1CCN(c2ccccc2)C1=O. The highest BCUT2D eigenvalue weighted by Gasteiger charge is 2.38. The zero-order valence-corrected chi connectivity index (χ0v) is 15.6. The molecule has 1 aliphatic rings. The molecule has 0 spiro atoms. The largest absolute Gasteiger partial charge is 0.326 e. The molecule has 1 saturated heterocycles. The molecule has 1 unspecified atom stereocenters. The second kappa shape index (κ2) is 7.31. The van der Waals surface area contributed by atoms with Crippen LogP contribution in [-0.4, -0.2) is 40.8 Å². The lowest BCUT2D eigenvalue weighted by Crippen LogP contribution is -2.45. The Bertz CT molecular complexity index is 1090. The van der Waals surface area contributed by atoms with E-state index in [1.54, 1.807) is 34.1 Å². The van der Waals surface area contributed by atoms with Crippen molar-refractivity contribution in [2.45, 2.75) is 19.4 Å². The Labute approximate surface area is 162 Å². The normalized spacial score (nSPS) is 16.5. The molecule has 2 aromatic carbocycles. The highest BCUT2D eigenvalue weighted by molar-refractivity contribution is 6.04. The molecule has 1 N–H and O–H groups in total. The number of benzene rings is 2. The average Bonchev–Trinajstić information content (AvgIpc) is 3.10. The van der Waals surface area contributed by atoms with E-state index in [0.717, 1.165) is 5.69 Å². The number of amides is 2. The van der Waals surface area contributed by atoms with E-state index in [9.17, 15) is 14.4 Å². The molecule has 1 aliphatic heterocycles. The van der Waals surface area contributed by atoms with Crippen LogP contribution < -0.4 is 10.5 Å². The number of carbonyl (C=O) groups is 2. The van der Waals surface area contributed by atoms with E-state index in [-0.39, 0.29) is 23.1 Å². The molecule has 6 nitrogen and oxygen atoms in total. The van der Waals surface area contributed by atoms with Gasteiger partial charge in [-0.1, -0.05) is 36.4 Å². The summed E-state index contributed by atoms with van der Waals surface area (Å²) >= 11 is 0. The van der Waals surface area contributed by atoms with Crippen LogP contribution in [0.15, 0.2) is 65.5 Å². The lowest BCUT2D eigenvalue weighted by Gasteiger charge is -2.27. The summed E-state index contributed by atoms with van der Waals surface area (Å²) in [6.45, 7) is 2.79. The summed E-state index contributed by atoms with van der Waals surface area (Å²) in [5, 5.41) is 1.24. The predicted octanol–water partition coefficient (Wildman–Crippen LogP) is 2.80. The number of rotatable bonds is 4.